The summed E-state index contributed by atoms with van der Waals surface area (Å²) in [5.74, 6) is 0.339. The van der Waals surface area contributed by atoms with Gasteiger partial charge in [0, 0.05) is 11.0 Å². The van der Waals surface area contributed by atoms with E-state index >= 15 is 0 Å². The molecule has 98 valence electrons. The van der Waals surface area contributed by atoms with Gasteiger partial charge in [-0.1, -0.05) is 53.0 Å². The molecule has 6 heteroatoms. The minimum atomic E-state index is -1.94. The lowest BCUT2D eigenvalue weighted by atomic mass is 10.3. The summed E-state index contributed by atoms with van der Waals surface area (Å²) in [5, 5.41) is 0. The Kier molecular flexibility index (Phi) is 6.36. The van der Waals surface area contributed by atoms with Gasteiger partial charge in [0.05, 0.1) is 12.9 Å². The van der Waals surface area contributed by atoms with Crippen LogP contribution in [0.4, 0.5) is 0 Å². The van der Waals surface area contributed by atoms with E-state index in [1.165, 1.54) is 24.9 Å². The molecule has 0 bridgehead atoms. The van der Waals surface area contributed by atoms with E-state index in [0.29, 0.717) is 11.5 Å². The van der Waals surface area contributed by atoms with Crippen LogP contribution in [0, 0.1) is 0 Å². The van der Waals surface area contributed by atoms with Gasteiger partial charge in [-0.15, -0.1) is 11.8 Å². The molecule has 0 radical (unpaired) electrons. The van der Waals surface area contributed by atoms with E-state index in [1.807, 2.05) is 30.3 Å². The summed E-state index contributed by atoms with van der Waals surface area (Å²) in [5.41, 5.74) is 0. The number of rotatable bonds is 5. The van der Waals surface area contributed by atoms with E-state index in [-0.39, 0.29) is 0 Å². The predicted molar refractivity (Wildman–Crippen MR) is 77.6 cm³/mol. The quantitative estimate of drug-likeness (QED) is 0.350. The van der Waals surface area contributed by atoms with Gasteiger partial charge in [-0.2, -0.15) is 0 Å². The number of hydrogen-bond acceptors (Lipinski definition) is 3. The van der Waals surface area contributed by atoms with Crippen LogP contribution in [0.5, 0.6) is 0 Å². The zero-order valence-electron chi connectivity index (χ0n) is 9.53. The molecule has 1 aromatic rings. The number of ketones is 1. The molecule has 1 rings (SSSR count). The number of methoxy groups -OCH3 is 1. The Balaban J connectivity index is 2.63. The Hall–Kier alpha value is -0.350. The van der Waals surface area contributed by atoms with Crippen LogP contribution in [0.3, 0.4) is 0 Å². The van der Waals surface area contributed by atoms with E-state index in [2.05, 4.69) is 0 Å². The van der Waals surface area contributed by atoms with Crippen LogP contribution >= 0.6 is 46.6 Å². The third kappa shape index (κ3) is 5.53. The lowest BCUT2D eigenvalue weighted by molar-refractivity contribution is -0.114. The van der Waals surface area contributed by atoms with Gasteiger partial charge >= 0.3 is 0 Å². The highest BCUT2D eigenvalue weighted by Crippen LogP contribution is 2.28. The summed E-state index contributed by atoms with van der Waals surface area (Å²) < 4.78 is 3.14. The Morgan fingerprint density at radius 1 is 1.33 bits per heavy atom. The molecule has 0 aliphatic rings. The molecular formula is C12H11Cl3O2S. The van der Waals surface area contributed by atoms with Crippen molar-refractivity contribution in [1.82, 2.24) is 0 Å². The molecular weight excluding hydrogens is 315 g/mol. The van der Waals surface area contributed by atoms with Crippen LogP contribution < -0.4 is 0 Å². The van der Waals surface area contributed by atoms with Crippen molar-refractivity contribution >= 4 is 52.3 Å². The first-order chi connectivity index (χ1) is 8.43. The van der Waals surface area contributed by atoms with Gasteiger partial charge in [0.15, 0.2) is 0 Å². The zero-order chi connectivity index (χ0) is 13.6. The van der Waals surface area contributed by atoms with Crippen molar-refractivity contribution in [3.8, 4) is 0 Å². The molecule has 0 aromatic heterocycles. The van der Waals surface area contributed by atoms with Crippen molar-refractivity contribution in [1.29, 1.82) is 0 Å². The van der Waals surface area contributed by atoms with Crippen molar-refractivity contribution in [3.63, 3.8) is 0 Å². The van der Waals surface area contributed by atoms with Gasteiger partial charge < -0.3 is 4.74 Å². The number of ether oxygens (including phenoxy) is 1. The average Bonchev–Trinajstić information content (AvgIpc) is 2.34. The Labute approximate surface area is 125 Å². The fraction of sp³-hybridized carbons (Fsp3) is 0.250. The fourth-order valence-corrected chi connectivity index (χ4v) is 2.08. The predicted octanol–water partition coefficient (Wildman–Crippen LogP) is 4.25. The molecule has 0 unspecified atom stereocenters. The summed E-state index contributed by atoms with van der Waals surface area (Å²) >= 11 is 18.0. The highest BCUT2D eigenvalue weighted by atomic mass is 35.6. The molecule has 1 aromatic carbocycles. The Morgan fingerprint density at radius 3 is 2.44 bits per heavy atom. The van der Waals surface area contributed by atoms with Crippen LogP contribution in [0.2, 0.25) is 0 Å². The summed E-state index contributed by atoms with van der Waals surface area (Å²) in [6.07, 6.45) is 1.21. The maximum absolute atomic E-state index is 11.5. The lowest BCUT2D eigenvalue weighted by Gasteiger charge is -2.09. The van der Waals surface area contributed by atoms with E-state index in [9.17, 15) is 4.79 Å². The summed E-state index contributed by atoms with van der Waals surface area (Å²) in [6.45, 7) is 0. The van der Waals surface area contributed by atoms with Crippen LogP contribution in [-0.4, -0.2) is 22.4 Å². The first-order valence-corrected chi connectivity index (χ1v) is 7.09. The van der Waals surface area contributed by atoms with Gasteiger partial charge in [0.1, 0.15) is 5.76 Å². The van der Waals surface area contributed by atoms with Crippen molar-refractivity contribution in [2.24, 2.45) is 0 Å². The Bertz CT molecular complexity index is 427. The molecule has 0 saturated heterocycles. The zero-order valence-corrected chi connectivity index (χ0v) is 12.6. The number of alkyl halides is 3. The second-order valence-electron chi connectivity index (χ2n) is 3.28. The molecule has 0 spiro atoms. The van der Waals surface area contributed by atoms with Gasteiger partial charge in [-0.05, 0) is 12.1 Å². The van der Waals surface area contributed by atoms with Crippen molar-refractivity contribution in [2.75, 3.05) is 12.9 Å². The highest BCUT2D eigenvalue weighted by molar-refractivity contribution is 7.99. The second kappa shape index (κ2) is 7.29. The first kappa shape index (κ1) is 15.7. The van der Waals surface area contributed by atoms with Crippen molar-refractivity contribution < 1.29 is 9.53 Å². The van der Waals surface area contributed by atoms with Crippen LogP contribution in [0.15, 0.2) is 47.1 Å². The Morgan fingerprint density at radius 2 is 1.94 bits per heavy atom. The number of thioether (sulfide) groups is 1. The third-order valence-electron chi connectivity index (χ3n) is 1.96. The van der Waals surface area contributed by atoms with Crippen molar-refractivity contribution in [3.05, 3.63) is 42.2 Å². The van der Waals surface area contributed by atoms with Crippen molar-refractivity contribution in [2.45, 2.75) is 8.69 Å². The molecule has 0 heterocycles. The lowest BCUT2D eigenvalue weighted by Crippen LogP contribution is -2.17. The molecule has 0 N–H and O–H groups in total. The molecule has 18 heavy (non-hydrogen) atoms. The normalized spacial score (nSPS) is 12.3. The SMILES string of the molecule is CO/C(=C/C(=O)C(Cl)(Cl)Cl)CSc1ccccc1. The minimum absolute atomic E-state index is 0.458. The summed E-state index contributed by atoms with van der Waals surface area (Å²) in [6, 6.07) is 9.74. The maximum atomic E-state index is 11.5. The number of benzene rings is 1. The van der Waals surface area contributed by atoms with E-state index in [1.54, 1.807) is 0 Å². The summed E-state index contributed by atoms with van der Waals surface area (Å²) in [7, 11) is 1.48. The monoisotopic (exact) mass is 324 g/mol. The van der Waals surface area contributed by atoms with Gasteiger partial charge in [0.2, 0.25) is 5.78 Å². The standard InChI is InChI=1S/C12H11Cl3O2S/c1-17-9(7-11(16)12(13,14)15)8-18-10-5-3-2-4-6-10/h2-7H,8H2,1H3/b9-7+. The second-order valence-corrected chi connectivity index (χ2v) is 6.61. The molecule has 0 aliphatic heterocycles. The first-order valence-electron chi connectivity index (χ1n) is 4.97. The molecule has 0 amide bonds. The molecule has 0 aliphatic carbocycles. The largest absolute Gasteiger partial charge is 0.500 e. The smallest absolute Gasteiger partial charge is 0.252 e. The number of carbonyl (C=O) groups excluding carboxylic acids is 1. The molecule has 2 nitrogen and oxygen atoms in total. The van der Waals surface area contributed by atoms with Crippen LogP contribution in [0.1, 0.15) is 0 Å². The number of halogens is 3. The highest BCUT2D eigenvalue weighted by Gasteiger charge is 2.29. The number of allylic oxidation sites excluding steroid dienone is 1. The van der Waals surface area contributed by atoms with Gasteiger partial charge in [-0.25, -0.2) is 0 Å². The molecule has 0 saturated carbocycles. The van der Waals surface area contributed by atoms with E-state index < -0.39 is 9.58 Å². The number of hydrogen-bond donors (Lipinski definition) is 0. The molecule has 0 fully saturated rings. The number of carbonyl (C=O) groups is 1. The van der Waals surface area contributed by atoms with Crippen LogP contribution in [-0.2, 0) is 9.53 Å². The summed E-state index contributed by atoms with van der Waals surface area (Å²) in [4.78, 5) is 12.6. The minimum Gasteiger partial charge on any atom is -0.500 e. The topological polar surface area (TPSA) is 26.3 Å². The van der Waals surface area contributed by atoms with Gasteiger partial charge in [-0.3, -0.25) is 4.79 Å². The van der Waals surface area contributed by atoms with E-state index in [0.717, 1.165) is 4.90 Å². The third-order valence-corrected chi connectivity index (χ3v) is 3.55. The van der Waals surface area contributed by atoms with Gasteiger partial charge in [0.25, 0.3) is 3.79 Å². The maximum Gasteiger partial charge on any atom is 0.252 e. The van der Waals surface area contributed by atoms with Crippen LogP contribution in [0.25, 0.3) is 0 Å². The van der Waals surface area contributed by atoms with E-state index in [4.69, 9.17) is 39.5 Å². The average molecular weight is 326 g/mol. The molecule has 0 atom stereocenters. The fourth-order valence-electron chi connectivity index (χ4n) is 1.06.